The van der Waals surface area contributed by atoms with Crippen LogP contribution in [0.1, 0.15) is 62.7 Å². The van der Waals surface area contributed by atoms with Crippen LogP contribution in [-0.4, -0.2) is 66.5 Å². The number of hydrogen-bond donors (Lipinski definition) is 1. The summed E-state index contributed by atoms with van der Waals surface area (Å²) in [5.41, 5.74) is -0.193. The van der Waals surface area contributed by atoms with Crippen LogP contribution in [0.25, 0.3) is 0 Å². The minimum atomic E-state index is -6.45. The molecule has 1 saturated heterocycles. The molecule has 4 aliphatic rings. The number of ether oxygens (including phenoxy) is 4. The van der Waals surface area contributed by atoms with Crippen molar-refractivity contribution >= 4 is 50.6 Å². The molecule has 1 aromatic carbocycles. The Balaban J connectivity index is 1.28. The van der Waals surface area contributed by atoms with Gasteiger partial charge in [-0.25, -0.2) is 4.79 Å². The van der Waals surface area contributed by atoms with E-state index < -0.39 is 88.1 Å². The molecule has 6 atom stereocenters. The summed E-state index contributed by atoms with van der Waals surface area (Å²) in [4.78, 5) is 38.9. The lowest BCUT2D eigenvalue weighted by atomic mass is 9.78. The molecule has 16 heteroatoms. The number of hydrogen-bond acceptors (Lipinski definition) is 9. The maximum Gasteiger partial charge on any atom is 0.431 e. The van der Waals surface area contributed by atoms with Gasteiger partial charge in [-0.3, -0.25) is 14.1 Å². The van der Waals surface area contributed by atoms with Gasteiger partial charge in [-0.2, -0.15) is 26.0 Å². The summed E-state index contributed by atoms with van der Waals surface area (Å²) in [7, 11) is -6.45. The quantitative estimate of drug-likeness (QED) is 0.107. The Morgan fingerprint density at radius 2 is 1.82 bits per heavy atom. The molecule has 1 aliphatic heterocycles. The van der Waals surface area contributed by atoms with Gasteiger partial charge in [0.15, 0.2) is 0 Å². The highest BCUT2D eigenvalue weighted by Gasteiger charge is 2.70. The minimum absolute atomic E-state index is 0.169. The Morgan fingerprint density at radius 1 is 1.16 bits per heavy atom. The van der Waals surface area contributed by atoms with E-state index in [-0.39, 0.29) is 23.5 Å². The van der Waals surface area contributed by atoms with Gasteiger partial charge in [0.05, 0.1) is 34.0 Å². The largest absolute Gasteiger partial charge is 0.486 e. The highest BCUT2D eigenvalue weighted by atomic mass is 127. The zero-order valence-corrected chi connectivity index (χ0v) is 26.6. The summed E-state index contributed by atoms with van der Waals surface area (Å²) in [5, 5.41) is -5.81. The molecule has 5 rings (SSSR count). The molecule has 10 nitrogen and oxygen atoms in total. The van der Waals surface area contributed by atoms with Gasteiger partial charge < -0.3 is 18.9 Å². The smallest absolute Gasteiger partial charge is 0.431 e. The Morgan fingerprint density at radius 3 is 2.43 bits per heavy atom. The maximum absolute atomic E-state index is 13.9. The molecule has 244 valence electrons. The predicted octanol–water partition coefficient (Wildman–Crippen LogP) is 5.02. The Kier molecular flexibility index (Phi) is 8.70. The molecule has 4 fully saturated rings. The van der Waals surface area contributed by atoms with E-state index in [1.807, 2.05) is 0 Å². The van der Waals surface area contributed by atoms with Crippen LogP contribution in [0.3, 0.4) is 0 Å². The Bertz CT molecular complexity index is 1450. The van der Waals surface area contributed by atoms with Crippen LogP contribution in [0, 0.1) is 33.2 Å². The first-order valence-corrected chi connectivity index (χ1v) is 16.7. The molecule has 1 heterocycles. The summed E-state index contributed by atoms with van der Waals surface area (Å²) in [6.07, 6.45) is 0.255. The number of carbonyl (C=O) groups is 3. The molecule has 44 heavy (non-hydrogen) atoms. The van der Waals surface area contributed by atoms with Gasteiger partial charge in [-0.1, -0.05) is 13.8 Å². The lowest BCUT2D eigenvalue weighted by Gasteiger charge is -2.35. The van der Waals surface area contributed by atoms with Gasteiger partial charge in [0, 0.05) is 11.8 Å². The molecule has 0 radical (unpaired) electrons. The third kappa shape index (κ3) is 5.56. The highest BCUT2D eigenvalue weighted by molar-refractivity contribution is 14.1. The molecule has 0 amide bonds. The number of alkyl halides is 4. The molecule has 3 saturated carbocycles. The molecule has 2 bridgehead atoms. The van der Waals surface area contributed by atoms with E-state index in [0.29, 0.717) is 5.75 Å². The minimum Gasteiger partial charge on any atom is -0.486 e. The van der Waals surface area contributed by atoms with E-state index >= 15 is 0 Å². The second-order valence-corrected chi connectivity index (χ2v) is 14.8. The van der Waals surface area contributed by atoms with Crippen molar-refractivity contribution in [2.24, 2.45) is 29.6 Å². The molecule has 1 aromatic rings. The SMILES string of the molecule is CC(C)C1(Oc2cc(C(=O)OC3C4CC5C3OC(=O)C5C4C(=O)OCCC(F)(F)C(F)(F)S(=O)(=O)O)ccc2I)CCCC1. The Labute approximate surface area is 264 Å². The van der Waals surface area contributed by atoms with Gasteiger partial charge in [-0.05, 0) is 78.8 Å². The molecular formula is C28H31F4IO10S. The summed E-state index contributed by atoms with van der Waals surface area (Å²) >= 11 is 2.12. The van der Waals surface area contributed by atoms with Crippen molar-refractivity contribution in [3.63, 3.8) is 0 Å². The number of fused-ring (bicyclic) bond motifs is 1. The molecule has 6 unspecified atom stereocenters. The van der Waals surface area contributed by atoms with Crippen molar-refractivity contribution in [1.82, 2.24) is 0 Å². The fourth-order valence-corrected chi connectivity index (χ4v) is 7.99. The van der Waals surface area contributed by atoms with E-state index in [4.69, 9.17) is 23.5 Å². The van der Waals surface area contributed by atoms with E-state index in [9.17, 15) is 40.4 Å². The zero-order chi connectivity index (χ0) is 32.4. The van der Waals surface area contributed by atoms with E-state index in [1.54, 1.807) is 18.2 Å². The van der Waals surface area contributed by atoms with Gasteiger partial charge in [-0.15, -0.1) is 0 Å². The number of esters is 3. The molecule has 0 spiro atoms. The standard InChI is InChI=1S/C28H31F4IO10S/c1-13(2)26(7-3-4-8-26)43-18-11-14(5-6-17(18)33)23(34)41-21-15-12-16-20(25(36)42-22(16)21)19(15)24(35)40-10-9-27(29,30)28(31,32)44(37,38)39/h5-6,11,13,15-16,19-22H,3-4,7-10,12H2,1-2H3,(H,37,38,39). The van der Waals surface area contributed by atoms with Gasteiger partial charge in [0.25, 0.3) is 0 Å². The Hall–Kier alpha value is -2.21. The van der Waals surface area contributed by atoms with Crippen molar-refractivity contribution in [3.8, 4) is 5.75 Å². The first kappa shape index (κ1) is 33.2. The number of halogens is 5. The van der Waals surface area contributed by atoms with Crippen LogP contribution in [0.5, 0.6) is 5.75 Å². The monoisotopic (exact) mass is 762 g/mol. The fraction of sp³-hybridized carbons (Fsp3) is 0.679. The topological polar surface area (TPSA) is 142 Å². The van der Waals surface area contributed by atoms with Crippen LogP contribution < -0.4 is 4.74 Å². The summed E-state index contributed by atoms with van der Waals surface area (Å²) in [6.45, 7) is 2.84. The number of rotatable bonds is 11. The zero-order valence-electron chi connectivity index (χ0n) is 23.6. The lowest BCUT2D eigenvalue weighted by Crippen LogP contribution is -2.47. The molecule has 1 N–H and O–H groups in total. The van der Waals surface area contributed by atoms with Crippen molar-refractivity contribution in [1.29, 1.82) is 0 Å². The fourth-order valence-electron chi connectivity index (χ4n) is 7.07. The summed E-state index contributed by atoms with van der Waals surface area (Å²) in [6, 6.07) is 4.85. The molecule has 3 aliphatic carbocycles. The molecular weight excluding hydrogens is 731 g/mol. The second-order valence-electron chi connectivity index (χ2n) is 12.2. The molecule has 0 aromatic heterocycles. The van der Waals surface area contributed by atoms with Crippen molar-refractivity contribution < 1.29 is 63.9 Å². The van der Waals surface area contributed by atoms with Crippen LogP contribution in [-0.2, 0) is 33.9 Å². The maximum atomic E-state index is 13.9. The van der Waals surface area contributed by atoms with Crippen LogP contribution in [0.2, 0.25) is 0 Å². The van der Waals surface area contributed by atoms with E-state index in [2.05, 4.69) is 36.4 Å². The van der Waals surface area contributed by atoms with Crippen LogP contribution in [0.4, 0.5) is 17.6 Å². The summed E-state index contributed by atoms with van der Waals surface area (Å²) < 4.78 is 108. The average Bonchev–Trinajstić information content (AvgIpc) is 3.68. The van der Waals surface area contributed by atoms with Gasteiger partial charge in [0.1, 0.15) is 23.6 Å². The average molecular weight is 763 g/mol. The van der Waals surface area contributed by atoms with Crippen molar-refractivity contribution in [2.45, 2.75) is 81.4 Å². The van der Waals surface area contributed by atoms with Crippen molar-refractivity contribution in [2.75, 3.05) is 6.61 Å². The third-order valence-corrected chi connectivity index (χ3v) is 11.3. The van der Waals surface area contributed by atoms with Gasteiger partial charge in [0.2, 0.25) is 0 Å². The summed E-state index contributed by atoms with van der Waals surface area (Å²) in [5.74, 6) is -10.7. The normalized spacial score (nSPS) is 29.2. The van der Waals surface area contributed by atoms with E-state index in [1.165, 1.54) is 0 Å². The third-order valence-electron chi connectivity index (χ3n) is 9.45. The number of benzene rings is 1. The number of carbonyl (C=O) groups excluding carboxylic acids is 3. The van der Waals surface area contributed by atoms with Crippen LogP contribution >= 0.6 is 22.6 Å². The first-order valence-electron chi connectivity index (χ1n) is 14.2. The van der Waals surface area contributed by atoms with E-state index in [0.717, 1.165) is 29.3 Å². The predicted molar refractivity (Wildman–Crippen MR) is 151 cm³/mol. The lowest BCUT2D eigenvalue weighted by molar-refractivity contribution is -0.178. The first-order chi connectivity index (χ1) is 20.4. The van der Waals surface area contributed by atoms with Crippen LogP contribution in [0.15, 0.2) is 18.2 Å². The van der Waals surface area contributed by atoms with Crippen molar-refractivity contribution in [3.05, 3.63) is 27.3 Å². The van der Waals surface area contributed by atoms with Gasteiger partial charge >= 0.3 is 39.2 Å². The second kappa shape index (κ2) is 11.5. The highest BCUT2D eigenvalue weighted by Crippen LogP contribution is 2.59.